The Hall–Kier alpha value is -0.0451. The summed E-state index contributed by atoms with van der Waals surface area (Å²) in [4.78, 5) is 2.04. The zero-order chi connectivity index (χ0) is 5.98. The first-order chi connectivity index (χ1) is 3.79. The van der Waals surface area contributed by atoms with Crippen molar-refractivity contribution in [2.45, 2.75) is 12.7 Å². The monoisotopic (exact) mass is 115 g/mol. The van der Waals surface area contributed by atoms with Crippen LogP contribution < -0.4 is 0 Å². The minimum Gasteiger partial charge on any atom is -0.335 e. The van der Waals surface area contributed by atoms with Crippen LogP contribution in [0.4, 0.5) is 4.32 Å². The van der Waals surface area contributed by atoms with Gasteiger partial charge in [0.2, 0.25) is 0 Å². The number of hydrogen-bond acceptors (Lipinski definition) is 1. The van der Waals surface area contributed by atoms with Crippen molar-refractivity contribution in [2.75, 3.05) is 20.0 Å². The molecule has 1 aliphatic heterocycles. The second kappa shape index (κ2) is 2.49. The van der Waals surface area contributed by atoms with Crippen LogP contribution in [-0.2, 0) is 0 Å². The molecule has 0 N–H and O–H groups in total. The summed E-state index contributed by atoms with van der Waals surface area (Å²) in [5.74, 6) is 0. The molecule has 0 amide bonds. The lowest BCUT2D eigenvalue weighted by atomic mass is 9.65. The molecule has 1 fully saturated rings. The van der Waals surface area contributed by atoms with Crippen LogP contribution in [-0.4, -0.2) is 31.9 Å². The molecule has 8 heavy (non-hydrogen) atoms. The van der Waals surface area contributed by atoms with Gasteiger partial charge in [-0.25, -0.2) is 0 Å². The van der Waals surface area contributed by atoms with Gasteiger partial charge in [0.25, 0.3) is 0 Å². The third kappa shape index (κ3) is 1.48. The predicted molar refractivity (Wildman–Crippen MR) is 33.8 cm³/mol. The first-order valence-electron chi connectivity index (χ1n) is 3.11. The second-order valence-electron chi connectivity index (χ2n) is 2.50. The molecule has 0 radical (unpaired) electrons. The maximum atomic E-state index is 12.4. The van der Waals surface area contributed by atoms with Crippen LogP contribution >= 0.6 is 0 Å². The molecule has 0 saturated carbocycles. The van der Waals surface area contributed by atoms with Crippen LogP contribution in [0.25, 0.3) is 0 Å². The Labute approximate surface area is 50.0 Å². The Balaban J connectivity index is 2.23. The van der Waals surface area contributed by atoms with Crippen molar-refractivity contribution in [3.05, 3.63) is 0 Å². The molecule has 0 unspecified atom stereocenters. The van der Waals surface area contributed by atoms with E-state index in [9.17, 15) is 4.32 Å². The molecule has 1 nitrogen and oxygen atoms in total. The van der Waals surface area contributed by atoms with Crippen molar-refractivity contribution in [1.29, 1.82) is 0 Å². The molecule has 0 aromatic carbocycles. The maximum Gasteiger partial charge on any atom is 0.362 e. The van der Waals surface area contributed by atoms with E-state index in [0.29, 0.717) is 6.44 Å². The summed E-state index contributed by atoms with van der Waals surface area (Å²) in [5, 5.41) is 0. The van der Waals surface area contributed by atoms with E-state index in [-0.39, 0.29) is 0 Å². The van der Waals surface area contributed by atoms with Crippen molar-refractivity contribution in [1.82, 2.24) is 4.90 Å². The molecule has 0 aliphatic carbocycles. The number of nitrogens with zero attached hydrogens (tertiary/aromatic N) is 1. The standard InChI is InChI=1S/C5H11BFN/c1-8-4-2-3-6(7)5-8/h2-5H2,1H3. The van der Waals surface area contributed by atoms with Gasteiger partial charge in [-0.1, -0.05) is 0 Å². The van der Waals surface area contributed by atoms with Gasteiger partial charge in [0.15, 0.2) is 0 Å². The summed E-state index contributed by atoms with van der Waals surface area (Å²) < 4.78 is 12.4. The van der Waals surface area contributed by atoms with Gasteiger partial charge < -0.3 is 9.22 Å². The van der Waals surface area contributed by atoms with E-state index in [1.54, 1.807) is 0 Å². The normalized spacial score (nSPS) is 24.0. The van der Waals surface area contributed by atoms with E-state index in [2.05, 4.69) is 0 Å². The summed E-state index contributed by atoms with van der Waals surface area (Å²) in [6, 6.07) is 0. The molecule has 0 atom stereocenters. The van der Waals surface area contributed by atoms with Gasteiger partial charge >= 0.3 is 6.99 Å². The number of hydrogen-bond donors (Lipinski definition) is 0. The van der Waals surface area contributed by atoms with E-state index in [0.717, 1.165) is 19.3 Å². The average Bonchev–Trinajstić information content (AvgIpc) is 1.64. The van der Waals surface area contributed by atoms with Gasteiger partial charge in [-0.3, -0.25) is 0 Å². The Morgan fingerprint density at radius 3 is 2.75 bits per heavy atom. The third-order valence-electron chi connectivity index (χ3n) is 1.57. The van der Waals surface area contributed by atoms with Gasteiger partial charge in [0, 0.05) is 6.44 Å². The molecule has 0 aromatic rings. The maximum absolute atomic E-state index is 12.4. The highest BCUT2D eigenvalue weighted by Crippen LogP contribution is 2.07. The van der Waals surface area contributed by atoms with Crippen molar-refractivity contribution in [3.8, 4) is 0 Å². The molecular formula is C5H11BFN. The van der Waals surface area contributed by atoms with E-state index < -0.39 is 6.99 Å². The Kier molecular flexibility index (Phi) is 1.89. The first kappa shape index (κ1) is 6.08. The molecule has 1 rings (SSSR count). The second-order valence-corrected chi connectivity index (χ2v) is 2.50. The molecule has 3 heteroatoms. The lowest BCUT2D eigenvalue weighted by Gasteiger charge is -2.22. The van der Waals surface area contributed by atoms with E-state index >= 15 is 0 Å². The summed E-state index contributed by atoms with van der Waals surface area (Å²) in [6.07, 6.45) is 2.43. The van der Waals surface area contributed by atoms with Crippen LogP contribution in [0.3, 0.4) is 0 Å². The smallest absolute Gasteiger partial charge is 0.335 e. The number of rotatable bonds is 0. The van der Waals surface area contributed by atoms with E-state index in [1.807, 2.05) is 11.9 Å². The Morgan fingerprint density at radius 2 is 2.38 bits per heavy atom. The van der Waals surface area contributed by atoms with Crippen molar-refractivity contribution >= 4 is 6.99 Å². The fourth-order valence-corrected chi connectivity index (χ4v) is 1.10. The molecule has 0 spiro atoms. The van der Waals surface area contributed by atoms with Crippen LogP contribution in [0.2, 0.25) is 6.32 Å². The first-order valence-corrected chi connectivity index (χ1v) is 3.11. The molecule has 0 aromatic heterocycles. The minimum atomic E-state index is -0.561. The van der Waals surface area contributed by atoms with E-state index in [1.165, 1.54) is 0 Å². The van der Waals surface area contributed by atoms with Gasteiger partial charge in [-0.05, 0) is 26.3 Å². The predicted octanol–water partition coefficient (Wildman–Crippen LogP) is 0.822. The Morgan fingerprint density at radius 1 is 1.62 bits per heavy atom. The zero-order valence-corrected chi connectivity index (χ0v) is 5.23. The molecule has 1 heterocycles. The number of halogens is 1. The van der Waals surface area contributed by atoms with Crippen molar-refractivity contribution in [2.24, 2.45) is 0 Å². The van der Waals surface area contributed by atoms with Gasteiger partial charge in [-0.2, -0.15) is 0 Å². The third-order valence-corrected chi connectivity index (χ3v) is 1.57. The topological polar surface area (TPSA) is 3.24 Å². The lowest BCUT2D eigenvalue weighted by molar-refractivity contribution is 0.356. The van der Waals surface area contributed by atoms with Crippen molar-refractivity contribution in [3.63, 3.8) is 0 Å². The quantitative estimate of drug-likeness (QED) is 0.422. The molecular weight excluding hydrogens is 104 g/mol. The molecule has 1 aliphatic rings. The Bertz CT molecular complexity index is 70.8. The summed E-state index contributed by atoms with van der Waals surface area (Å²) in [5.41, 5.74) is 0. The highest BCUT2D eigenvalue weighted by atomic mass is 19.1. The summed E-state index contributed by atoms with van der Waals surface area (Å²) in [6.45, 7) is 0.509. The van der Waals surface area contributed by atoms with Gasteiger partial charge in [-0.15, -0.1) is 0 Å². The summed E-state index contributed by atoms with van der Waals surface area (Å²) >= 11 is 0. The molecule has 1 saturated heterocycles. The van der Waals surface area contributed by atoms with Crippen LogP contribution in [0.5, 0.6) is 0 Å². The van der Waals surface area contributed by atoms with Crippen LogP contribution in [0.1, 0.15) is 6.42 Å². The van der Waals surface area contributed by atoms with Gasteiger partial charge in [0.05, 0.1) is 0 Å². The van der Waals surface area contributed by atoms with E-state index in [4.69, 9.17) is 0 Å². The molecule has 0 bridgehead atoms. The minimum absolute atomic E-state index is 0.561. The molecule has 46 valence electrons. The SMILES string of the molecule is CN1CCCB(F)C1. The zero-order valence-electron chi connectivity index (χ0n) is 5.23. The average molecular weight is 115 g/mol. The summed E-state index contributed by atoms with van der Waals surface area (Å²) in [7, 11) is 1.96. The highest BCUT2D eigenvalue weighted by molar-refractivity contribution is 6.51. The highest BCUT2D eigenvalue weighted by Gasteiger charge is 2.20. The van der Waals surface area contributed by atoms with Crippen molar-refractivity contribution < 1.29 is 4.32 Å². The fraction of sp³-hybridized carbons (Fsp3) is 1.00. The van der Waals surface area contributed by atoms with Crippen LogP contribution in [0, 0.1) is 0 Å². The lowest BCUT2D eigenvalue weighted by Crippen LogP contribution is -2.35. The largest absolute Gasteiger partial charge is 0.362 e. The van der Waals surface area contributed by atoms with Crippen LogP contribution in [0.15, 0.2) is 0 Å². The van der Waals surface area contributed by atoms with Gasteiger partial charge in [0.1, 0.15) is 0 Å². The fourth-order valence-electron chi connectivity index (χ4n) is 1.10.